The van der Waals surface area contributed by atoms with Gasteiger partial charge in [-0.3, -0.25) is 0 Å². The van der Waals surface area contributed by atoms with Crippen LogP contribution in [-0.2, 0) is 22.0 Å². The van der Waals surface area contributed by atoms with E-state index in [2.05, 4.69) is 4.98 Å². The van der Waals surface area contributed by atoms with Crippen LogP contribution in [-0.4, -0.2) is 36.9 Å². The van der Waals surface area contributed by atoms with E-state index >= 15 is 0 Å². The summed E-state index contributed by atoms with van der Waals surface area (Å²) >= 11 is 0. The van der Waals surface area contributed by atoms with Gasteiger partial charge in [-0.15, -0.1) is 0 Å². The van der Waals surface area contributed by atoms with Gasteiger partial charge in [0.1, 0.15) is 11.7 Å². The summed E-state index contributed by atoms with van der Waals surface area (Å²) in [4.78, 5) is 3.62. The van der Waals surface area contributed by atoms with Crippen molar-refractivity contribution in [2.75, 3.05) is 13.1 Å². The summed E-state index contributed by atoms with van der Waals surface area (Å²) in [6, 6.07) is 9.19. The number of benzene rings is 1. The van der Waals surface area contributed by atoms with E-state index in [4.69, 9.17) is 4.74 Å². The molecule has 3 rings (SSSR count). The highest BCUT2D eigenvalue weighted by atomic mass is 32.2. The maximum Gasteiger partial charge on any atom is 0.421 e. The molecule has 0 radical (unpaired) electrons. The van der Waals surface area contributed by atoms with E-state index in [0.29, 0.717) is 5.56 Å². The third-order valence-electron chi connectivity index (χ3n) is 4.03. The second-order valence-electron chi connectivity index (χ2n) is 6.15. The predicted octanol–water partition coefficient (Wildman–Crippen LogP) is 3.00. The fourth-order valence-electron chi connectivity index (χ4n) is 2.55. The zero-order valence-corrected chi connectivity index (χ0v) is 14.7. The fraction of sp³-hybridized carbons (Fsp3) is 0.353. The lowest BCUT2D eigenvalue weighted by Crippen LogP contribution is -2.56. The van der Waals surface area contributed by atoms with Crippen molar-refractivity contribution < 1.29 is 26.3 Å². The standard InChI is InChI=1S/C17H17F3N2O3S/c1-12-4-6-13(7-5-12)11-26(23,24)22-9-14(10-22)25-16-15(17(18,19)20)3-2-8-21-16/h2-8,14H,9-11H2,1H3. The molecule has 26 heavy (non-hydrogen) atoms. The van der Waals surface area contributed by atoms with Crippen LogP contribution in [0.15, 0.2) is 42.6 Å². The first-order valence-electron chi connectivity index (χ1n) is 7.87. The molecule has 0 unspecified atom stereocenters. The Labute approximate surface area is 149 Å². The molecule has 0 spiro atoms. The first kappa shape index (κ1) is 18.7. The van der Waals surface area contributed by atoms with Gasteiger partial charge in [0, 0.05) is 6.20 Å². The molecule has 2 aromatic rings. The summed E-state index contributed by atoms with van der Waals surface area (Å²) in [7, 11) is -3.54. The van der Waals surface area contributed by atoms with Crippen LogP contribution in [0.4, 0.5) is 13.2 Å². The van der Waals surface area contributed by atoms with Crippen molar-refractivity contribution in [3.63, 3.8) is 0 Å². The van der Waals surface area contributed by atoms with Crippen molar-refractivity contribution in [1.82, 2.24) is 9.29 Å². The Kier molecular flexibility index (Phi) is 4.94. The van der Waals surface area contributed by atoms with Crippen LogP contribution in [0, 0.1) is 6.92 Å². The van der Waals surface area contributed by atoms with Gasteiger partial charge < -0.3 is 4.74 Å². The molecule has 0 amide bonds. The highest BCUT2D eigenvalue weighted by Gasteiger charge is 2.40. The molecule has 1 aliphatic rings. The maximum absolute atomic E-state index is 12.9. The van der Waals surface area contributed by atoms with Crippen molar-refractivity contribution >= 4 is 10.0 Å². The van der Waals surface area contributed by atoms with Crippen LogP contribution in [0.1, 0.15) is 16.7 Å². The topological polar surface area (TPSA) is 59.5 Å². The zero-order chi connectivity index (χ0) is 18.9. The van der Waals surface area contributed by atoms with E-state index in [-0.39, 0.29) is 18.8 Å². The lowest BCUT2D eigenvalue weighted by atomic mass is 10.2. The quantitative estimate of drug-likeness (QED) is 0.793. The first-order valence-corrected chi connectivity index (χ1v) is 9.48. The Bertz CT molecular complexity index is 877. The molecule has 0 saturated carbocycles. The van der Waals surface area contributed by atoms with Gasteiger partial charge in [0.25, 0.3) is 0 Å². The van der Waals surface area contributed by atoms with Crippen LogP contribution < -0.4 is 4.74 Å². The van der Waals surface area contributed by atoms with E-state index in [1.54, 1.807) is 12.1 Å². The molecule has 5 nitrogen and oxygen atoms in total. The Morgan fingerprint density at radius 3 is 2.46 bits per heavy atom. The van der Waals surface area contributed by atoms with Crippen LogP contribution in [0.2, 0.25) is 0 Å². The van der Waals surface area contributed by atoms with E-state index in [1.807, 2.05) is 19.1 Å². The summed E-state index contributed by atoms with van der Waals surface area (Å²) < 4.78 is 70.0. The molecule has 0 bridgehead atoms. The van der Waals surface area contributed by atoms with Gasteiger partial charge in [-0.05, 0) is 24.6 Å². The van der Waals surface area contributed by atoms with Crippen molar-refractivity contribution in [3.8, 4) is 5.88 Å². The fourth-order valence-corrected chi connectivity index (χ4v) is 4.13. The largest absolute Gasteiger partial charge is 0.471 e. The van der Waals surface area contributed by atoms with Gasteiger partial charge in [0.2, 0.25) is 15.9 Å². The van der Waals surface area contributed by atoms with Crippen molar-refractivity contribution in [2.45, 2.75) is 25.0 Å². The van der Waals surface area contributed by atoms with Gasteiger partial charge in [0.05, 0.1) is 18.8 Å². The zero-order valence-electron chi connectivity index (χ0n) is 13.9. The van der Waals surface area contributed by atoms with Gasteiger partial charge in [-0.1, -0.05) is 29.8 Å². The predicted molar refractivity (Wildman–Crippen MR) is 89.0 cm³/mol. The lowest BCUT2D eigenvalue weighted by Gasteiger charge is -2.37. The number of nitrogens with zero attached hydrogens (tertiary/aromatic N) is 2. The average molecular weight is 386 g/mol. The summed E-state index contributed by atoms with van der Waals surface area (Å²) in [6.45, 7) is 1.91. The summed E-state index contributed by atoms with van der Waals surface area (Å²) in [6.07, 6.45) is -4.03. The molecule has 1 aromatic heterocycles. The van der Waals surface area contributed by atoms with Gasteiger partial charge in [-0.25, -0.2) is 13.4 Å². The number of aryl methyl sites for hydroxylation is 1. The van der Waals surface area contributed by atoms with Gasteiger partial charge in [0.15, 0.2) is 0 Å². The minimum Gasteiger partial charge on any atom is -0.471 e. The molecular weight excluding hydrogens is 369 g/mol. The Morgan fingerprint density at radius 2 is 1.85 bits per heavy atom. The normalized spacial score (nSPS) is 16.3. The van der Waals surface area contributed by atoms with Crippen molar-refractivity contribution in [3.05, 3.63) is 59.3 Å². The molecule has 1 aromatic carbocycles. The number of pyridine rings is 1. The molecular formula is C17H17F3N2O3S. The monoisotopic (exact) mass is 386 g/mol. The Hall–Kier alpha value is -2.13. The summed E-state index contributed by atoms with van der Waals surface area (Å²) in [5, 5.41) is 0. The van der Waals surface area contributed by atoms with Crippen molar-refractivity contribution in [2.24, 2.45) is 0 Å². The van der Waals surface area contributed by atoms with Crippen LogP contribution in [0.25, 0.3) is 0 Å². The van der Waals surface area contributed by atoms with Crippen LogP contribution in [0.5, 0.6) is 5.88 Å². The number of halogens is 3. The molecule has 1 aliphatic heterocycles. The number of hydrogen-bond acceptors (Lipinski definition) is 4. The molecule has 1 saturated heterocycles. The highest BCUT2D eigenvalue weighted by molar-refractivity contribution is 7.88. The number of aromatic nitrogens is 1. The number of hydrogen-bond donors (Lipinski definition) is 0. The number of sulfonamides is 1. The maximum atomic E-state index is 12.9. The average Bonchev–Trinajstić information content (AvgIpc) is 2.52. The number of ether oxygens (including phenoxy) is 1. The molecule has 0 N–H and O–H groups in total. The second-order valence-corrected chi connectivity index (χ2v) is 8.12. The SMILES string of the molecule is Cc1ccc(CS(=O)(=O)N2CC(Oc3ncccc3C(F)(F)F)C2)cc1. The Morgan fingerprint density at radius 1 is 1.19 bits per heavy atom. The molecule has 0 atom stereocenters. The lowest BCUT2D eigenvalue weighted by molar-refractivity contribution is -0.140. The highest BCUT2D eigenvalue weighted by Crippen LogP contribution is 2.35. The van der Waals surface area contributed by atoms with E-state index in [0.717, 1.165) is 11.6 Å². The van der Waals surface area contributed by atoms with Crippen molar-refractivity contribution in [1.29, 1.82) is 0 Å². The van der Waals surface area contributed by atoms with Crippen LogP contribution in [0.3, 0.4) is 0 Å². The Balaban J connectivity index is 1.61. The molecule has 0 aliphatic carbocycles. The summed E-state index contributed by atoms with van der Waals surface area (Å²) in [5.74, 6) is -0.683. The third kappa shape index (κ3) is 4.16. The molecule has 9 heteroatoms. The van der Waals surface area contributed by atoms with Gasteiger partial charge in [-0.2, -0.15) is 17.5 Å². The molecule has 2 heterocycles. The minimum atomic E-state index is -4.58. The third-order valence-corrected chi connectivity index (χ3v) is 5.82. The number of alkyl halides is 3. The van der Waals surface area contributed by atoms with E-state index < -0.39 is 33.7 Å². The smallest absolute Gasteiger partial charge is 0.421 e. The van der Waals surface area contributed by atoms with Gasteiger partial charge >= 0.3 is 6.18 Å². The number of rotatable bonds is 5. The van der Waals surface area contributed by atoms with E-state index in [9.17, 15) is 21.6 Å². The van der Waals surface area contributed by atoms with E-state index in [1.165, 1.54) is 16.6 Å². The summed E-state index contributed by atoms with van der Waals surface area (Å²) in [5.41, 5.74) is 0.712. The second kappa shape index (κ2) is 6.88. The minimum absolute atomic E-state index is 0.00205. The molecule has 140 valence electrons. The molecule has 1 fully saturated rings. The first-order chi connectivity index (χ1) is 12.1. The van der Waals surface area contributed by atoms with Crippen LogP contribution >= 0.6 is 0 Å².